The highest BCUT2D eigenvalue weighted by Crippen LogP contribution is 2.32. The number of ether oxygens (including phenoxy) is 1. The molecule has 1 aromatic heterocycles. The molecule has 6 heteroatoms. The second kappa shape index (κ2) is 5.46. The smallest absolute Gasteiger partial charge is 0.338 e. The highest BCUT2D eigenvalue weighted by atomic mass is 35.5. The second-order valence-electron chi connectivity index (χ2n) is 4.25. The zero-order valence-corrected chi connectivity index (χ0v) is 11.5. The molecular formula is C14H11ClFNO3. The van der Waals surface area contributed by atoms with Crippen molar-refractivity contribution in [2.24, 2.45) is 0 Å². The van der Waals surface area contributed by atoms with Crippen LogP contribution in [0.15, 0.2) is 24.4 Å². The van der Waals surface area contributed by atoms with E-state index in [0.29, 0.717) is 21.9 Å². The molecule has 1 aromatic carbocycles. The molecule has 0 saturated heterocycles. The Hall–Kier alpha value is -2.14. The summed E-state index contributed by atoms with van der Waals surface area (Å²) in [5.74, 6) is -2.35. The molecule has 0 amide bonds. The summed E-state index contributed by atoms with van der Waals surface area (Å²) in [5, 5.41) is 9.40. The van der Waals surface area contributed by atoms with Crippen molar-refractivity contribution in [2.45, 2.75) is 13.8 Å². The predicted molar refractivity (Wildman–Crippen MR) is 72.2 cm³/mol. The van der Waals surface area contributed by atoms with Gasteiger partial charge in [-0.1, -0.05) is 11.6 Å². The lowest BCUT2D eigenvalue weighted by Crippen LogP contribution is -2.04. The lowest BCUT2D eigenvalue weighted by atomic mass is 10.1. The molecule has 1 heterocycles. The molecule has 0 atom stereocenters. The number of benzene rings is 1. The zero-order chi connectivity index (χ0) is 14.9. The molecule has 2 rings (SSSR count). The maximum absolute atomic E-state index is 14.0. The van der Waals surface area contributed by atoms with Crippen LogP contribution in [0.2, 0.25) is 5.02 Å². The third-order valence-corrected chi connectivity index (χ3v) is 2.93. The average Bonchev–Trinajstić information content (AvgIpc) is 2.35. The molecule has 0 unspecified atom stereocenters. The minimum absolute atomic E-state index is 0.376. The summed E-state index contributed by atoms with van der Waals surface area (Å²) < 4.78 is 19.4. The number of halogens is 2. The van der Waals surface area contributed by atoms with E-state index >= 15 is 0 Å². The summed E-state index contributed by atoms with van der Waals surface area (Å²) in [7, 11) is 0. The van der Waals surface area contributed by atoms with Crippen LogP contribution in [0, 0.1) is 19.7 Å². The largest absolute Gasteiger partial charge is 0.478 e. The Morgan fingerprint density at radius 3 is 2.50 bits per heavy atom. The van der Waals surface area contributed by atoms with Crippen molar-refractivity contribution in [1.29, 1.82) is 0 Å². The van der Waals surface area contributed by atoms with E-state index in [1.807, 2.05) is 0 Å². The van der Waals surface area contributed by atoms with E-state index in [2.05, 4.69) is 4.98 Å². The molecule has 104 valence electrons. The highest BCUT2D eigenvalue weighted by molar-refractivity contribution is 6.30. The van der Waals surface area contributed by atoms with Gasteiger partial charge in [0.05, 0.1) is 0 Å². The van der Waals surface area contributed by atoms with Gasteiger partial charge in [0, 0.05) is 11.2 Å². The first-order valence-electron chi connectivity index (χ1n) is 5.72. The molecule has 2 aromatic rings. The minimum atomic E-state index is -1.38. The molecule has 20 heavy (non-hydrogen) atoms. The first-order chi connectivity index (χ1) is 9.40. The van der Waals surface area contributed by atoms with Crippen molar-refractivity contribution in [3.63, 3.8) is 0 Å². The fourth-order valence-electron chi connectivity index (χ4n) is 1.82. The number of aryl methyl sites for hydroxylation is 2. The van der Waals surface area contributed by atoms with Gasteiger partial charge in [-0.15, -0.1) is 0 Å². The number of hydrogen-bond acceptors (Lipinski definition) is 3. The quantitative estimate of drug-likeness (QED) is 0.930. The predicted octanol–water partition coefficient (Wildman–Crippen LogP) is 3.98. The summed E-state index contributed by atoms with van der Waals surface area (Å²) in [6.45, 7) is 3.51. The molecule has 0 spiro atoms. The molecule has 0 aliphatic rings. The van der Waals surface area contributed by atoms with Crippen LogP contribution in [0.4, 0.5) is 4.39 Å². The van der Waals surface area contributed by atoms with Crippen LogP contribution in [0.3, 0.4) is 0 Å². The Bertz CT molecular complexity index is 665. The standard InChI is InChI=1S/C14H11ClFNO3/c1-7-5-9(15)6-8(2)12(7)20-13-11(16)10(14(18)19)3-4-17-13/h3-6H,1-2H3,(H,18,19). The van der Waals surface area contributed by atoms with Gasteiger partial charge in [-0.2, -0.15) is 0 Å². The third kappa shape index (κ3) is 2.72. The van der Waals surface area contributed by atoms with Gasteiger partial charge in [0.1, 0.15) is 11.3 Å². The Morgan fingerprint density at radius 2 is 1.95 bits per heavy atom. The van der Waals surface area contributed by atoms with Gasteiger partial charge < -0.3 is 9.84 Å². The monoisotopic (exact) mass is 295 g/mol. The SMILES string of the molecule is Cc1cc(Cl)cc(C)c1Oc1nccc(C(=O)O)c1F. The van der Waals surface area contributed by atoms with Gasteiger partial charge in [-0.05, 0) is 43.2 Å². The molecular weight excluding hydrogens is 285 g/mol. The Labute approximate surface area is 119 Å². The fourth-order valence-corrected chi connectivity index (χ4v) is 2.14. The van der Waals surface area contributed by atoms with Crippen LogP contribution < -0.4 is 4.74 Å². The summed E-state index contributed by atoms with van der Waals surface area (Å²) in [6.07, 6.45) is 1.18. The second-order valence-corrected chi connectivity index (χ2v) is 4.69. The van der Waals surface area contributed by atoms with Crippen LogP contribution in [0.1, 0.15) is 21.5 Å². The van der Waals surface area contributed by atoms with Crippen molar-refractivity contribution in [2.75, 3.05) is 0 Å². The van der Waals surface area contributed by atoms with E-state index in [-0.39, 0.29) is 5.88 Å². The van der Waals surface area contributed by atoms with E-state index in [1.165, 1.54) is 6.20 Å². The number of nitrogens with zero attached hydrogens (tertiary/aromatic N) is 1. The van der Waals surface area contributed by atoms with E-state index in [1.54, 1.807) is 26.0 Å². The van der Waals surface area contributed by atoms with Gasteiger partial charge in [-0.3, -0.25) is 0 Å². The fraction of sp³-hybridized carbons (Fsp3) is 0.143. The number of aromatic carboxylic acids is 1. The first kappa shape index (κ1) is 14.3. The van der Waals surface area contributed by atoms with Crippen molar-refractivity contribution in [3.8, 4) is 11.6 Å². The number of carboxylic acids is 1. The Balaban J connectivity index is 2.46. The van der Waals surface area contributed by atoms with E-state index in [0.717, 1.165) is 6.07 Å². The van der Waals surface area contributed by atoms with Gasteiger partial charge in [0.25, 0.3) is 5.88 Å². The number of rotatable bonds is 3. The minimum Gasteiger partial charge on any atom is -0.478 e. The maximum Gasteiger partial charge on any atom is 0.338 e. The van der Waals surface area contributed by atoms with Crippen molar-refractivity contribution in [1.82, 2.24) is 4.98 Å². The average molecular weight is 296 g/mol. The van der Waals surface area contributed by atoms with Crippen LogP contribution in [0.5, 0.6) is 11.6 Å². The lowest BCUT2D eigenvalue weighted by molar-refractivity contribution is 0.0690. The van der Waals surface area contributed by atoms with Crippen LogP contribution in [0.25, 0.3) is 0 Å². The maximum atomic E-state index is 14.0. The Kier molecular flexibility index (Phi) is 3.90. The number of carbonyl (C=O) groups is 1. The number of aromatic nitrogens is 1. The van der Waals surface area contributed by atoms with Gasteiger partial charge >= 0.3 is 5.97 Å². The summed E-state index contributed by atoms with van der Waals surface area (Å²) >= 11 is 5.90. The normalized spacial score (nSPS) is 10.4. The number of pyridine rings is 1. The van der Waals surface area contributed by atoms with Gasteiger partial charge in [0.2, 0.25) is 0 Å². The lowest BCUT2D eigenvalue weighted by Gasteiger charge is -2.12. The topological polar surface area (TPSA) is 59.4 Å². The van der Waals surface area contributed by atoms with Crippen molar-refractivity contribution in [3.05, 3.63) is 51.9 Å². The molecule has 0 aliphatic carbocycles. The van der Waals surface area contributed by atoms with Crippen molar-refractivity contribution >= 4 is 17.6 Å². The molecule has 0 radical (unpaired) electrons. The number of hydrogen-bond donors (Lipinski definition) is 1. The van der Waals surface area contributed by atoms with E-state index in [4.69, 9.17) is 21.4 Å². The van der Waals surface area contributed by atoms with Crippen LogP contribution in [-0.4, -0.2) is 16.1 Å². The first-order valence-corrected chi connectivity index (χ1v) is 6.10. The summed E-state index contributed by atoms with van der Waals surface area (Å²) in [5.41, 5.74) is 0.924. The van der Waals surface area contributed by atoms with E-state index in [9.17, 15) is 9.18 Å². The molecule has 4 nitrogen and oxygen atoms in total. The van der Waals surface area contributed by atoms with Crippen LogP contribution in [-0.2, 0) is 0 Å². The Morgan fingerprint density at radius 1 is 1.35 bits per heavy atom. The van der Waals surface area contributed by atoms with E-state index < -0.39 is 17.3 Å². The molecule has 0 fully saturated rings. The molecule has 1 N–H and O–H groups in total. The number of carboxylic acid groups (broad SMARTS) is 1. The summed E-state index contributed by atoms with van der Waals surface area (Å²) in [4.78, 5) is 14.6. The van der Waals surface area contributed by atoms with Crippen LogP contribution >= 0.6 is 11.6 Å². The summed E-state index contributed by atoms with van der Waals surface area (Å²) in [6, 6.07) is 4.41. The molecule has 0 saturated carbocycles. The van der Waals surface area contributed by atoms with Crippen molar-refractivity contribution < 1.29 is 19.0 Å². The molecule has 0 bridgehead atoms. The molecule has 0 aliphatic heterocycles. The highest BCUT2D eigenvalue weighted by Gasteiger charge is 2.18. The third-order valence-electron chi connectivity index (χ3n) is 2.71. The van der Waals surface area contributed by atoms with Gasteiger partial charge in [0.15, 0.2) is 5.82 Å². The zero-order valence-electron chi connectivity index (χ0n) is 10.8. The van der Waals surface area contributed by atoms with Gasteiger partial charge in [-0.25, -0.2) is 14.2 Å².